The average molecular weight is 567 g/mol. The minimum Gasteiger partial charge on any atom is -0.466 e. The van der Waals surface area contributed by atoms with Gasteiger partial charge in [-0.1, -0.05) is 88.7 Å². The van der Waals surface area contributed by atoms with Crippen LogP contribution in [0.5, 0.6) is 0 Å². The fourth-order valence-corrected chi connectivity index (χ4v) is 4.53. The van der Waals surface area contributed by atoms with Crippen molar-refractivity contribution in [2.45, 2.75) is 86.3 Å². The van der Waals surface area contributed by atoms with E-state index in [1.165, 1.54) is 0 Å². The van der Waals surface area contributed by atoms with E-state index in [-0.39, 0.29) is 31.5 Å². The molecule has 2 amide bonds. The van der Waals surface area contributed by atoms with E-state index in [4.69, 9.17) is 9.47 Å². The number of carbonyl (C=O) groups is 3. The molecule has 0 aliphatic heterocycles. The van der Waals surface area contributed by atoms with Gasteiger partial charge in [0.2, 0.25) is 0 Å². The topological polar surface area (TPSA) is 84.9 Å². The van der Waals surface area contributed by atoms with Crippen LogP contribution in [0.1, 0.15) is 73.8 Å². The highest BCUT2D eigenvalue weighted by Gasteiger charge is 2.31. The monoisotopic (exact) mass is 566 g/mol. The lowest BCUT2D eigenvalue weighted by Crippen LogP contribution is -2.52. The van der Waals surface area contributed by atoms with Gasteiger partial charge in [0.1, 0.15) is 11.6 Å². The molecule has 0 spiro atoms. The SMILES string of the molecule is CCOC(=O)C(CCC(C)C)CN(CC(C)C)C(=O)N[C@@H](Cc1ccc(-c2ccccc2)cc1)C(=O)OC(C)(C)C. The second kappa shape index (κ2) is 16.2. The quantitative estimate of drug-likeness (QED) is 0.252. The highest BCUT2D eigenvalue weighted by Crippen LogP contribution is 2.21. The lowest BCUT2D eigenvalue weighted by atomic mass is 9.97. The van der Waals surface area contributed by atoms with E-state index >= 15 is 0 Å². The van der Waals surface area contributed by atoms with Gasteiger partial charge in [0.05, 0.1) is 12.5 Å². The number of hydrogen-bond donors (Lipinski definition) is 1. The lowest BCUT2D eigenvalue weighted by molar-refractivity contribution is -0.157. The number of nitrogens with one attached hydrogen (secondary N) is 1. The molecule has 0 bridgehead atoms. The minimum absolute atomic E-state index is 0.166. The summed E-state index contributed by atoms with van der Waals surface area (Å²) < 4.78 is 11.0. The van der Waals surface area contributed by atoms with Crippen LogP contribution in [0.2, 0.25) is 0 Å². The predicted molar refractivity (Wildman–Crippen MR) is 164 cm³/mol. The molecule has 1 N–H and O–H groups in total. The van der Waals surface area contributed by atoms with Crippen molar-refractivity contribution < 1.29 is 23.9 Å². The van der Waals surface area contributed by atoms with E-state index in [0.717, 1.165) is 23.1 Å². The van der Waals surface area contributed by atoms with Crippen LogP contribution in [0.25, 0.3) is 11.1 Å². The Morgan fingerprint density at radius 2 is 1.41 bits per heavy atom. The van der Waals surface area contributed by atoms with Crippen LogP contribution in [0.3, 0.4) is 0 Å². The first-order chi connectivity index (χ1) is 19.3. The second-order valence-electron chi connectivity index (χ2n) is 12.5. The maximum atomic E-state index is 13.7. The number of esters is 2. The molecular formula is C34H50N2O5. The summed E-state index contributed by atoms with van der Waals surface area (Å²) in [5, 5.41) is 2.94. The van der Waals surface area contributed by atoms with E-state index in [2.05, 4.69) is 19.2 Å². The van der Waals surface area contributed by atoms with Crippen molar-refractivity contribution in [2.24, 2.45) is 17.8 Å². The van der Waals surface area contributed by atoms with E-state index in [0.29, 0.717) is 18.9 Å². The average Bonchev–Trinajstić information content (AvgIpc) is 2.89. The summed E-state index contributed by atoms with van der Waals surface area (Å²) in [4.78, 5) is 41.4. The van der Waals surface area contributed by atoms with Crippen LogP contribution in [0, 0.1) is 17.8 Å². The lowest BCUT2D eigenvalue weighted by Gasteiger charge is -2.31. The second-order valence-corrected chi connectivity index (χ2v) is 12.5. The summed E-state index contributed by atoms with van der Waals surface area (Å²) in [6.45, 7) is 16.4. The predicted octanol–water partition coefficient (Wildman–Crippen LogP) is 6.89. The normalized spacial score (nSPS) is 13.0. The molecule has 226 valence electrons. The van der Waals surface area contributed by atoms with Crippen molar-refractivity contribution in [3.05, 3.63) is 60.2 Å². The zero-order valence-corrected chi connectivity index (χ0v) is 26.2. The number of benzene rings is 2. The molecule has 0 aliphatic rings. The third kappa shape index (κ3) is 12.4. The van der Waals surface area contributed by atoms with E-state index < -0.39 is 29.6 Å². The van der Waals surface area contributed by atoms with Gasteiger partial charge in [0.25, 0.3) is 0 Å². The summed E-state index contributed by atoms with van der Waals surface area (Å²) in [5.74, 6) is -0.642. The number of nitrogens with zero attached hydrogens (tertiary/aromatic N) is 1. The third-order valence-corrected chi connectivity index (χ3v) is 6.52. The van der Waals surface area contributed by atoms with Crippen molar-refractivity contribution in [3.63, 3.8) is 0 Å². The Morgan fingerprint density at radius 1 is 0.805 bits per heavy atom. The highest BCUT2D eigenvalue weighted by atomic mass is 16.6. The molecule has 2 aromatic rings. The molecule has 0 aliphatic carbocycles. The number of urea groups is 1. The number of ether oxygens (including phenoxy) is 2. The fourth-order valence-electron chi connectivity index (χ4n) is 4.53. The highest BCUT2D eigenvalue weighted by molar-refractivity contribution is 5.84. The summed E-state index contributed by atoms with van der Waals surface area (Å²) in [6, 6.07) is 16.8. The van der Waals surface area contributed by atoms with Crippen LogP contribution in [-0.2, 0) is 25.5 Å². The molecule has 41 heavy (non-hydrogen) atoms. The first-order valence-corrected chi connectivity index (χ1v) is 14.9. The largest absolute Gasteiger partial charge is 0.466 e. The number of rotatable bonds is 14. The molecule has 7 nitrogen and oxygen atoms in total. The summed E-state index contributed by atoms with van der Waals surface area (Å²) in [6.07, 6.45) is 1.75. The van der Waals surface area contributed by atoms with Crippen LogP contribution >= 0.6 is 0 Å². The van der Waals surface area contributed by atoms with Crippen LogP contribution < -0.4 is 5.32 Å². The molecule has 2 aromatic carbocycles. The van der Waals surface area contributed by atoms with E-state index in [9.17, 15) is 14.4 Å². The standard InChI is InChI=1S/C34H50N2O5/c1-9-40-31(37)29(18-15-24(2)3)23-36(22-25(4)5)33(39)35-30(32(38)41-34(6,7)8)21-26-16-19-28(20-17-26)27-13-11-10-12-14-27/h10-14,16-17,19-20,24-25,29-30H,9,15,18,21-23H2,1-8H3,(H,35,39)/t29?,30-/m0/s1. The van der Waals surface area contributed by atoms with Crippen LogP contribution in [0.15, 0.2) is 54.6 Å². The smallest absolute Gasteiger partial charge is 0.329 e. The Labute approximate surface area is 247 Å². The summed E-state index contributed by atoms with van der Waals surface area (Å²) >= 11 is 0. The Morgan fingerprint density at radius 3 is 1.95 bits per heavy atom. The summed E-state index contributed by atoms with van der Waals surface area (Å²) in [7, 11) is 0. The van der Waals surface area contributed by atoms with Gasteiger partial charge in [0, 0.05) is 19.5 Å². The molecule has 1 unspecified atom stereocenters. The van der Waals surface area contributed by atoms with Crippen molar-refractivity contribution >= 4 is 18.0 Å². The Bertz CT molecular complexity index is 1090. The maximum Gasteiger partial charge on any atom is 0.329 e. The van der Waals surface area contributed by atoms with Crippen molar-refractivity contribution in [1.29, 1.82) is 0 Å². The number of hydrogen-bond acceptors (Lipinski definition) is 5. The van der Waals surface area contributed by atoms with Gasteiger partial charge in [-0.3, -0.25) is 4.79 Å². The van der Waals surface area contributed by atoms with Gasteiger partial charge < -0.3 is 19.7 Å². The van der Waals surface area contributed by atoms with Gasteiger partial charge in [-0.15, -0.1) is 0 Å². The first kappa shape index (κ1) is 33.9. The van der Waals surface area contributed by atoms with Gasteiger partial charge >= 0.3 is 18.0 Å². The molecule has 0 saturated heterocycles. The summed E-state index contributed by atoms with van der Waals surface area (Å²) in [5.41, 5.74) is 2.37. The van der Waals surface area contributed by atoms with E-state index in [1.54, 1.807) is 11.8 Å². The molecule has 0 aromatic heterocycles. The van der Waals surface area contributed by atoms with E-state index in [1.807, 2.05) is 89.2 Å². The first-order valence-electron chi connectivity index (χ1n) is 14.9. The molecule has 0 heterocycles. The Balaban J connectivity index is 2.28. The Kier molecular flexibility index (Phi) is 13.4. The zero-order chi connectivity index (χ0) is 30.6. The molecule has 0 fully saturated rings. The molecule has 0 saturated carbocycles. The van der Waals surface area contributed by atoms with Gasteiger partial charge in [0.15, 0.2) is 0 Å². The van der Waals surface area contributed by atoms with Crippen LogP contribution in [0.4, 0.5) is 4.79 Å². The van der Waals surface area contributed by atoms with Crippen molar-refractivity contribution in [1.82, 2.24) is 10.2 Å². The van der Waals surface area contributed by atoms with Gasteiger partial charge in [-0.05, 0) is 62.6 Å². The maximum absolute atomic E-state index is 13.7. The molecular weight excluding hydrogens is 516 g/mol. The van der Waals surface area contributed by atoms with Crippen molar-refractivity contribution in [3.8, 4) is 11.1 Å². The van der Waals surface area contributed by atoms with Gasteiger partial charge in [-0.2, -0.15) is 0 Å². The van der Waals surface area contributed by atoms with Crippen molar-refractivity contribution in [2.75, 3.05) is 19.7 Å². The third-order valence-electron chi connectivity index (χ3n) is 6.52. The molecule has 0 radical (unpaired) electrons. The Hall–Kier alpha value is -3.35. The molecule has 7 heteroatoms. The molecule has 2 atom stereocenters. The van der Waals surface area contributed by atoms with Crippen LogP contribution in [-0.4, -0.2) is 54.2 Å². The fraction of sp³-hybridized carbons (Fsp3) is 0.559. The number of amides is 2. The number of carbonyl (C=O) groups excluding carboxylic acids is 3. The minimum atomic E-state index is -0.893. The zero-order valence-electron chi connectivity index (χ0n) is 26.2. The van der Waals surface area contributed by atoms with Gasteiger partial charge in [-0.25, -0.2) is 9.59 Å². The molecule has 2 rings (SSSR count).